The largest absolute Gasteiger partial charge is 0.456 e. The first kappa shape index (κ1) is 19.2. The molecule has 1 aliphatic rings. The van der Waals surface area contributed by atoms with Gasteiger partial charge in [-0.3, -0.25) is 9.67 Å². The number of imidazole rings is 1. The quantitative estimate of drug-likeness (QED) is 0.418. The zero-order valence-corrected chi connectivity index (χ0v) is 18.1. The van der Waals surface area contributed by atoms with Crippen molar-refractivity contribution in [3.8, 4) is 22.8 Å². The minimum atomic E-state index is 0.372. The van der Waals surface area contributed by atoms with Crippen molar-refractivity contribution in [1.29, 1.82) is 0 Å². The molecule has 0 bridgehead atoms. The van der Waals surface area contributed by atoms with E-state index in [0.29, 0.717) is 33.6 Å². The van der Waals surface area contributed by atoms with E-state index in [9.17, 15) is 0 Å². The fraction of sp³-hybridized carbons (Fsp3) is 0.217. The summed E-state index contributed by atoms with van der Waals surface area (Å²) in [5.74, 6) is 2.04. The third-order valence-electron chi connectivity index (χ3n) is 5.72. The molecule has 1 saturated heterocycles. The molecule has 9 heteroatoms. The molecule has 2 aromatic carbocycles. The first-order chi connectivity index (χ1) is 15.6. The number of aromatic amines is 1. The van der Waals surface area contributed by atoms with Crippen LogP contribution in [0, 0.1) is 6.92 Å². The van der Waals surface area contributed by atoms with Gasteiger partial charge in [0.15, 0.2) is 0 Å². The Kier molecular flexibility index (Phi) is 4.55. The molecular weight excluding hydrogens is 426 g/mol. The van der Waals surface area contributed by atoms with Gasteiger partial charge in [-0.05, 0) is 44.2 Å². The number of fused-ring (bicyclic) bond motifs is 2. The van der Waals surface area contributed by atoms with Gasteiger partial charge >= 0.3 is 0 Å². The number of nitrogens with one attached hydrogen (secondary N) is 2. The minimum Gasteiger partial charge on any atom is -0.456 e. The Morgan fingerprint density at radius 3 is 2.91 bits per heavy atom. The van der Waals surface area contributed by atoms with Crippen LogP contribution in [0.2, 0.25) is 5.02 Å². The van der Waals surface area contributed by atoms with Crippen molar-refractivity contribution >= 4 is 33.7 Å². The van der Waals surface area contributed by atoms with Gasteiger partial charge in [0.25, 0.3) is 0 Å². The Balaban J connectivity index is 1.34. The van der Waals surface area contributed by atoms with Gasteiger partial charge in [0.2, 0.25) is 0 Å². The highest BCUT2D eigenvalue weighted by molar-refractivity contribution is 6.36. The SMILES string of the molecule is Cc1nc2ccc(Oc3ccc4ncc(-c5cnn(C6CCNC6)c5)nc4c3Cl)cc2[nH]1. The number of aromatic nitrogens is 6. The molecule has 4 heterocycles. The van der Waals surface area contributed by atoms with Gasteiger partial charge in [0, 0.05) is 24.4 Å². The number of ether oxygens (including phenoxy) is 1. The topological polar surface area (TPSA) is 93.5 Å². The number of halogens is 1. The molecule has 32 heavy (non-hydrogen) atoms. The molecule has 6 rings (SSSR count). The van der Waals surface area contributed by atoms with Crippen LogP contribution in [0.1, 0.15) is 18.3 Å². The second-order valence-corrected chi connectivity index (χ2v) is 8.34. The van der Waals surface area contributed by atoms with Crippen LogP contribution < -0.4 is 10.1 Å². The van der Waals surface area contributed by atoms with Crippen LogP contribution in [0.5, 0.6) is 11.5 Å². The van der Waals surface area contributed by atoms with Crippen LogP contribution in [0.15, 0.2) is 48.9 Å². The van der Waals surface area contributed by atoms with Crippen molar-refractivity contribution in [2.24, 2.45) is 0 Å². The average molecular weight is 446 g/mol. The normalized spacial score (nSPS) is 16.2. The number of hydrogen-bond donors (Lipinski definition) is 2. The number of aryl methyl sites for hydroxylation is 1. The zero-order valence-electron chi connectivity index (χ0n) is 17.3. The van der Waals surface area contributed by atoms with Gasteiger partial charge in [-0.25, -0.2) is 9.97 Å². The standard InChI is InChI=1S/C23H20ClN7O/c1-13-28-17-3-2-16(8-19(17)29-13)32-21-5-4-18-23(22(21)24)30-20(11-26-18)14-9-27-31(12-14)15-6-7-25-10-15/h2-5,8-9,11-12,15,25H,6-7,10H2,1H3,(H,28,29). The lowest BCUT2D eigenvalue weighted by atomic mass is 10.2. The smallest absolute Gasteiger partial charge is 0.148 e. The van der Waals surface area contributed by atoms with Crippen molar-refractivity contribution in [2.45, 2.75) is 19.4 Å². The lowest BCUT2D eigenvalue weighted by Gasteiger charge is -2.10. The van der Waals surface area contributed by atoms with Crippen LogP contribution in [0.25, 0.3) is 33.3 Å². The Hall–Kier alpha value is -3.49. The summed E-state index contributed by atoms with van der Waals surface area (Å²) in [7, 11) is 0. The van der Waals surface area contributed by atoms with Crippen LogP contribution in [0.4, 0.5) is 0 Å². The number of H-pyrrole nitrogens is 1. The lowest BCUT2D eigenvalue weighted by molar-refractivity contribution is 0.484. The maximum Gasteiger partial charge on any atom is 0.148 e. The van der Waals surface area contributed by atoms with Gasteiger partial charge in [0.05, 0.1) is 40.7 Å². The second-order valence-electron chi connectivity index (χ2n) is 7.96. The molecule has 0 radical (unpaired) electrons. The zero-order chi connectivity index (χ0) is 21.7. The summed E-state index contributed by atoms with van der Waals surface area (Å²) in [6.07, 6.45) is 6.66. The molecule has 160 valence electrons. The van der Waals surface area contributed by atoms with Gasteiger partial charge < -0.3 is 15.0 Å². The van der Waals surface area contributed by atoms with Crippen LogP contribution in [-0.4, -0.2) is 42.8 Å². The second kappa shape index (κ2) is 7.58. The van der Waals surface area contributed by atoms with E-state index in [0.717, 1.165) is 47.6 Å². The summed E-state index contributed by atoms with van der Waals surface area (Å²) in [5.41, 5.74) is 4.74. The first-order valence-corrected chi connectivity index (χ1v) is 10.9. The molecule has 5 aromatic rings. The van der Waals surface area contributed by atoms with Crippen molar-refractivity contribution in [2.75, 3.05) is 13.1 Å². The van der Waals surface area contributed by atoms with E-state index in [1.807, 2.05) is 54.3 Å². The van der Waals surface area contributed by atoms with Gasteiger partial charge in [-0.2, -0.15) is 5.10 Å². The van der Waals surface area contributed by atoms with E-state index in [1.54, 1.807) is 6.20 Å². The molecule has 0 saturated carbocycles. The highest BCUT2D eigenvalue weighted by Crippen LogP contribution is 2.35. The molecule has 2 N–H and O–H groups in total. The molecule has 0 spiro atoms. The predicted octanol–water partition coefficient (Wildman–Crippen LogP) is 4.66. The van der Waals surface area contributed by atoms with E-state index < -0.39 is 0 Å². The Morgan fingerprint density at radius 2 is 2.03 bits per heavy atom. The van der Waals surface area contributed by atoms with E-state index in [2.05, 4.69) is 25.4 Å². The van der Waals surface area contributed by atoms with Gasteiger partial charge in [0.1, 0.15) is 27.9 Å². The first-order valence-electron chi connectivity index (χ1n) is 10.5. The molecule has 0 aliphatic carbocycles. The van der Waals surface area contributed by atoms with Crippen LogP contribution >= 0.6 is 11.6 Å². The van der Waals surface area contributed by atoms with Crippen molar-refractivity contribution in [3.63, 3.8) is 0 Å². The Bertz CT molecular complexity index is 1450. The third-order valence-corrected chi connectivity index (χ3v) is 6.09. The molecule has 8 nitrogen and oxygen atoms in total. The highest BCUT2D eigenvalue weighted by atomic mass is 35.5. The van der Waals surface area contributed by atoms with Crippen molar-refractivity contribution < 1.29 is 4.74 Å². The minimum absolute atomic E-state index is 0.372. The summed E-state index contributed by atoms with van der Waals surface area (Å²) < 4.78 is 8.08. The van der Waals surface area contributed by atoms with Gasteiger partial charge in [-0.1, -0.05) is 11.6 Å². The average Bonchev–Trinajstić information content (AvgIpc) is 3.55. The molecule has 1 atom stereocenters. The Labute approximate surface area is 188 Å². The number of benzene rings is 2. The van der Waals surface area contributed by atoms with Gasteiger partial charge in [-0.15, -0.1) is 0 Å². The highest BCUT2D eigenvalue weighted by Gasteiger charge is 2.18. The summed E-state index contributed by atoms with van der Waals surface area (Å²) >= 11 is 6.71. The molecule has 1 aliphatic heterocycles. The molecule has 1 fully saturated rings. The molecule has 1 unspecified atom stereocenters. The predicted molar refractivity (Wildman–Crippen MR) is 123 cm³/mol. The number of nitrogens with zero attached hydrogens (tertiary/aromatic N) is 5. The number of rotatable bonds is 4. The summed E-state index contributed by atoms with van der Waals surface area (Å²) in [4.78, 5) is 17.0. The van der Waals surface area contributed by atoms with E-state index in [-0.39, 0.29) is 0 Å². The van der Waals surface area contributed by atoms with Crippen molar-refractivity contribution in [1.82, 2.24) is 35.0 Å². The van der Waals surface area contributed by atoms with Crippen molar-refractivity contribution in [3.05, 3.63) is 59.8 Å². The summed E-state index contributed by atoms with van der Waals surface area (Å²) in [6, 6.07) is 9.74. The molecular formula is C23H20ClN7O. The maximum absolute atomic E-state index is 6.71. The monoisotopic (exact) mass is 445 g/mol. The summed E-state index contributed by atoms with van der Waals surface area (Å²) in [5, 5.41) is 8.30. The van der Waals surface area contributed by atoms with Crippen LogP contribution in [0.3, 0.4) is 0 Å². The fourth-order valence-electron chi connectivity index (χ4n) is 4.09. The molecule has 0 amide bonds. The van der Waals surface area contributed by atoms with Crippen LogP contribution in [-0.2, 0) is 0 Å². The molecule has 3 aromatic heterocycles. The number of hydrogen-bond acceptors (Lipinski definition) is 6. The Morgan fingerprint density at radius 1 is 1.12 bits per heavy atom. The van der Waals surface area contributed by atoms with E-state index >= 15 is 0 Å². The fourth-order valence-corrected chi connectivity index (χ4v) is 4.33. The van der Waals surface area contributed by atoms with E-state index in [1.165, 1.54) is 0 Å². The lowest BCUT2D eigenvalue weighted by Crippen LogP contribution is -2.13. The maximum atomic E-state index is 6.71. The third kappa shape index (κ3) is 3.37. The summed E-state index contributed by atoms with van der Waals surface area (Å²) in [6.45, 7) is 3.87. The van der Waals surface area contributed by atoms with E-state index in [4.69, 9.17) is 21.3 Å².